The molecular weight excluding hydrogens is 782 g/mol. The van der Waals surface area contributed by atoms with Crippen molar-refractivity contribution in [2.45, 2.75) is 174 Å². The number of phosphoric acid groups is 1. The summed E-state index contributed by atoms with van der Waals surface area (Å²) >= 11 is 0. The Labute approximate surface area is 375 Å². The Kier molecular flexibility index (Phi) is 42.2. The van der Waals surface area contributed by atoms with Crippen LogP contribution in [-0.2, 0) is 27.9 Å². The van der Waals surface area contributed by atoms with Crippen LogP contribution in [0.5, 0.6) is 0 Å². The lowest BCUT2D eigenvalue weighted by atomic mass is 10.1. The first-order valence-corrected chi connectivity index (χ1v) is 25.4. The summed E-state index contributed by atoms with van der Waals surface area (Å²) in [7, 11) is 1.32. The van der Waals surface area contributed by atoms with Gasteiger partial charge in [-0.05, 0) is 89.9 Å². The predicted molar refractivity (Wildman–Crippen MR) is 258 cm³/mol. The maximum absolute atomic E-state index is 12.7. The average Bonchev–Trinajstić information content (AvgIpc) is 3.22. The topological polar surface area (TPSA) is 94.1 Å². The highest BCUT2D eigenvalue weighted by atomic mass is 31.2. The van der Waals surface area contributed by atoms with E-state index in [9.17, 15) is 14.3 Å². The van der Waals surface area contributed by atoms with Crippen LogP contribution in [0.4, 0.5) is 0 Å². The second kappa shape index (κ2) is 44.0. The predicted octanol–water partition coefficient (Wildman–Crippen LogP) is 14.0. The number of unbranched alkanes of at least 4 members (excludes halogenated alkanes) is 13. The second-order valence-corrected chi connectivity index (χ2v) is 18.1. The molecule has 350 valence electrons. The van der Waals surface area contributed by atoms with Crippen molar-refractivity contribution in [2.75, 3.05) is 54.1 Å². The molecule has 0 rings (SSSR count). The van der Waals surface area contributed by atoms with Crippen LogP contribution in [-0.4, -0.2) is 70.7 Å². The molecule has 0 heterocycles. The Morgan fingerprint density at radius 1 is 0.508 bits per heavy atom. The smallest absolute Gasteiger partial charge is 0.306 e. The molecule has 0 radical (unpaired) electrons. The summed E-state index contributed by atoms with van der Waals surface area (Å²) in [5, 5.41) is 0. The number of quaternary nitrogens is 1. The summed E-state index contributed by atoms with van der Waals surface area (Å²) in [5.41, 5.74) is 0. The zero-order chi connectivity index (χ0) is 44.8. The lowest BCUT2D eigenvalue weighted by Gasteiger charge is -2.28. The van der Waals surface area contributed by atoms with E-state index in [2.05, 4.69) is 111 Å². The maximum atomic E-state index is 12.7. The lowest BCUT2D eigenvalue weighted by molar-refractivity contribution is -0.870. The number of phosphoric ester groups is 1. The van der Waals surface area contributed by atoms with Crippen LogP contribution in [0.25, 0.3) is 0 Å². The Morgan fingerprint density at radius 3 is 1.34 bits per heavy atom. The highest BCUT2D eigenvalue weighted by molar-refractivity contribution is 7.45. The molecule has 2 atom stereocenters. The Morgan fingerprint density at radius 2 is 0.902 bits per heavy atom. The van der Waals surface area contributed by atoms with Crippen LogP contribution in [0, 0.1) is 0 Å². The van der Waals surface area contributed by atoms with Gasteiger partial charge in [0.1, 0.15) is 19.3 Å². The number of hydrogen-bond acceptors (Lipinski definition) is 7. The molecule has 8 nitrogen and oxygen atoms in total. The first-order valence-electron chi connectivity index (χ1n) is 24.0. The van der Waals surface area contributed by atoms with Crippen molar-refractivity contribution in [2.24, 2.45) is 0 Å². The van der Waals surface area contributed by atoms with Gasteiger partial charge in [-0.15, -0.1) is 0 Å². The van der Waals surface area contributed by atoms with E-state index in [1.54, 1.807) is 0 Å². The van der Waals surface area contributed by atoms with Crippen molar-refractivity contribution in [3.8, 4) is 0 Å². The van der Waals surface area contributed by atoms with Crippen LogP contribution >= 0.6 is 7.82 Å². The van der Waals surface area contributed by atoms with Gasteiger partial charge in [-0.2, -0.15) is 0 Å². The number of esters is 1. The van der Waals surface area contributed by atoms with Crippen LogP contribution < -0.4 is 4.89 Å². The summed E-state index contributed by atoms with van der Waals surface area (Å²) in [6.07, 6.45) is 59.9. The molecule has 0 aliphatic heterocycles. The summed E-state index contributed by atoms with van der Waals surface area (Å²) < 4.78 is 34.7. The van der Waals surface area contributed by atoms with E-state index in [1.807, 2.05) is 21.1 Å². The fourth-order valence-electron chi connectivity index (χ4n) is 6.00. The van der Waals surface area contributed by atoms with Crippen molar-refractivity contribution in [3.63, 3.8) is 0 Å². The fourth-order valence-corrected chi connectivity index (χ4v) is 6.73. The third kappa shape index (κ3) is 48.3. The third-order valence-electron chi connectivity index (χ3n) is 9.63. The molecule has 0 bridgehead atoms. The van der Waals surface area contributed by atoms with Gasteiger partial charge in [-0.1, -0.05) is 169 Å². The van der Waals surface area contributed by atoms with E-state index in [0.717, 1.165) is 109 Å². The number of ether oxygens (including phenoxy) is 2. The third-order valence-corrected chi connectivity index (χ3v) is 10.6. The van der Waals surface area contributed by atoms with Gasteiger partial charge in [0, 0.05) is 13.0 Å². The highest BCUT2D eigenvalue weighted by Gasteiger charge is 2.20. The molecule has 0 aromatic rings. The van der Waals surface area contributed by atoms with Gasteiger partial charge in [0.05, 0.1) is 34.4 Å². The largest absolute Gasteiger partial charge is 0.756 e. The van der Waals surface area contributed by atoms with E-state index in [0.29, 0.717) is 17.6 Å². The number of rotatable bonds is 43. The summed E-state index contributed by atoms with van der Waals surface area (Å²) in [6.45, 7) is 5.12. The normalized spacial score (nSPS) is 14.5. The molecule has 0 saturated carbocycles. The van der Waals surface area contributed by atoms with Crippen LogP contribution in [0.1, 0.15) is 168 Å². The molecule has 0 aromatic carbocycles. The van der Waals surface area contributed by atoms with Gasteiger partial charge in [-0.3, -0.25) is 9.36 Å². The number of hydrogen-bond donors (Lipinski definition) is 0. The van der Waals surface area contributed by atoms with Gasteiger partial charge >= 0.3 is 5.97 Å². The molecular formula is C52H90NO7P. The zero-order valence-corrected chi connectivity index (χ0v) is 40.5. The van der Waals surface area contributed by atoms with Gasteiger partial charge in [0.15, 0.2) is 0 Å². The Hall–Kier alpha value is -2.58. The SMILES string of the molecule is CC/C=C\C/C=C\C/C=C\C/C=C\CCCCCCCCCOCC(COP(=O)([O-])OCC[N+](C)(C)C)OC(=O)CCCCCCCC/C=C\C/C=C\C/C=C\C/C=C\CC. The van der Waals surface area contributed by atoms with Crippen LogP contribution in [0.15, 0.2) is 97.2 Å². The fraction of sp³-hybridized carbons (Fsp3) is 0.673. The molecule has 0 fully saturated rings. The molecule has 0 aliphatic carbocycles. The Balaban J connectivity index is 4.26. The first-order chi connectivity index (χ1) is 29.6. The zero-order valence-electron chi connectivity index (χ0n) is 39.6. The van der Waals surface area contributed by atoms with Crippen molar-refractivity contribution in [1.29, 1.82) is 0 Å². The molecule has 0 aromatic heterocycles. The van der Waals surface area contributed by atoms with Crippen LogP contribution in [0.3, 0.4) is 0 Å². The van der Waals surface area contributed by atoms with E-state index < -0.39 is 13.9 Å². The molecule has 0 saturated heterocycles. The molecule has 2 unspecified atom stereocenters. The standard InChI is InChI=1S/C52H90NO7P/c1-6-8-10-12-14-16-18-20-22-24-26-28-30-32-34-36-38-40-42-44-47-57-49-51(50-59-61(55,56)58-48-46-53(3,4)5)60-52(54)45-43-41-39-37-35-33-31-29-27-25-23-21-19-17-15-13-11-9-7-2/h8-11,14-17,20-23,26-29,51H,6-7,12-13,18-19,24-25,30-50H2,1-5H3/b10-8-,11-9-,16-14-,17-15-,22-20-,23-21-,28-26-,29-27-. The summed E-state index contributed by atoms with van der Waals surface area (Å²) in [6, 6.07) is 0. The minimum Gasteiger partial charge on any atom is -0.756 e. The number of allylic oxidation sites excluding steroid dienone is 16. The molecule has 9 heteroatoms. The average molecular weight is 872 g/mol. The highest BCUT2D eigenvalue weighted by Crippen LogP contribution is 2.38. The first kappa shape index (κ1) is 58.4. The van der Waals surface area contributed by atoms with Crippen LogP contribution in [0.2, 0.25) is 0 Å². The number of nitrogens with zero attached hydrogens (tertiary/aromatic N) is 1. The second-order valence-electron chi connectivity index (χ2n) is 16.7. The van der Waals surface area contributed by atoms with E-state index in [4.69, 9.17) is 18.5 Å². The molecule has 0 aliphatic rings. The van der Waals surface area contributed by atoms with Crippen molar-refractivity contribution in [3.05, 3.63) is 97.2 Å². The van der Waals surface area contributed by atoms with Crippen molar-refractivity contribution >= 4 is 13.8 Å². The number of likely N-dealkylation sites (N-methyl/N-ethyl adjacent to an activating group) is 1. The minimum absolute atomic E-state index is 0.0148. The number of carbonyl (C=O) groups is 1. The number of carbonyl (C=O) groups excluding carboxylic acids is 1. The van der Waals surface area contributed by atoms with Crippen molar-refractivity contribution < 1.29 is 37.3 Å². The monoisotopic (exact) mass is 872 g/mol. The molecule has 0 spiro atoms. The van der Waals surface area contributed by atoms with Crippen molar-refractivity contribution in [1.82, 2.24) is 0 Å². The van der Waals surface area contributed by atoms with E-state index >= 15 is 0 Å². The van der Waals surface area contributed by atoms with E-state index in [-0.39, 0.29) is 32.2 Å². The molecule has 61 heavy (non-hydrogen) atoms. The Bertz CT molecular complexity index is 1290. The molecule has 0 N–H and O–H groups in total. The van der Waals surface area contributed by atoms with Gasteiger partial charge in [0.2, 0.25) is 0 Å². The van der Waals surface area contributed by atoms with Gasteiger partial charge in [0.25, 0.3) is 7.82 Å². The maximum Gasteiger partial charge on any atom is 0.306 e. The lowest BCUT2D eigenvalue weighted by Crippen LogP contribution is -2.37. The quantitative estimate of drug-likeness (QED) is 0.0198. The summed E-state index contributed by atoms with van der Waals surface area (Å²) in [4.78, 5) is 25.1. The van der Waals surface area contributed by atoms with Gasteiger partial charge in [-0.25, -0.2) is 0 Å². The molecule has 0 amide bonds. The summed E-state index contributed by atoms with van der Waals surface area (Å²) in [5.74, 6) is -0.356. The minimum atomic E-state index is -4.54. The van der Waals surface area contributed by atoms with E-state index in [1.165, 1.54) is 38.5 Å². The van der Waals surface area contributed by atoms with Gasteiger partial charge < -0.3 is 27.9 Å².